The van der Waals surface area contributed by atoms with E-state index in [-0.39, 0.29) is 11.6 Å². The van der Waals surface area contributed by atoms with Crippen LogP contribution in [0.15, 0.2) is 54.9 Å². The molecule has 0 aliphatic rings. The second kappa shape index (κ2) is 13.0. The number of hydrogen-bond donors (Lipinski definition) is 2. The van der Waals surface area contributed by atoms with Gasteiger partial charge in [0.25, 0.3) is 5.91 Å². The third-order valence-electron chi connectivity index (χ3n) is 5.17. The summed E-state index contributed by atoms with van der Waals surface area (Å²) in [6.07, 6.45) is 2.82. The average molecular weight is 537 g/mol. The minimum absolute atomic E-state index is 0.249. The smallest absolute Gasteiger partial charge is 0.407 e. The van der Waals surface area contributed by atoms with Gasteiger partial charge in [-0.25, -0.2) is 19.7 Å². The Morgan fingerprint density at radius 2 is 1.69 bits per heavy atom. The third kappa shape index (κ3) is 8.35. The average Bonchev–Trinajstić information content (AvgIpc) is 3.27. The molecule has 2 N–H and O–H groups in total. The van der Waals surface area contributed by atoms with Gasteiger partial charge in [-0.05, 0) is 45.0 Å². The molecule has 2 amide bonds. The first-order chi connectivity index (χ1) is 18.8. The highest BCUT2D eigenvalue weighted by atomic mass is 16.6. The van der Waals surface area contributed by atoms with E-state index in [4.69, 9.17) is 18.9 Å². The summed E-state index contributed by atoms with van der Waals surface area (Å²) < 4.78 is 23.4. The summed E-state index contributed by atoms with van der Waals surface area (Å²) >= 11 is 0. The molecule has 206 valence electrons. The third-order valence-corrected chi connectivity index (χ3v) is 5.17. The van der Waals surface area contributed by atoms with Crippen molar-refractivity contribution in [2.45, 2.75) is 26.4 Å². The fourth-order valence-corrected chi connectivity index (χ4v) is 3.48. The number of nitrogens with zero attached hydrogens (tertiary/aromatic N) is 4. The molecule has 39 heavy (non-hydrogen) atoms. The molecule has 0 radical (unpaired) electrons. The summed E-state index contributed by atoms with van der Waals surface area (Å²) in [7, 11) is 0. The predicted octanol–water partition coefficient (Wildman–Crippen LogP) is 3.47. The molecule has 3 heterocycles. The normalized spacial score (nSPS) is 11.5. The zero-order chi connectivity index (χ0) is 27.7. The lowest BCUT2D eigenvalue weighted by Gasteiger charge is -2.19. The predicted molar refractivity (Wildman–Crippen MR) is 144 cm³/mol. The number of ether oxygens (including phenoxy) is 4. The van der Waals surface area contributed by atoms with Crippen LogP contribution in [-0.4, -0.2) is 76.5 Å². The molecule has 1 aromatic carbocycles. The molecule has 12 heteroatoms. The quantitative estimate of drug-likeness (QED) is 0.261. The van der Waals surface area contributed by atoms with Gasteiger partial charge in [-0.1, -0.05) is 12.1 Å². The Hall–Kier alpha value is -4.29. The highest BCUT2D eigenvalue weighted by Gasteiger charge is 2.15. The van der Waals surface area contributed by atoms with Gasteiger partial charge in [-0.2, -0.15) is 0 Å². The molecule has 4 rings (SSSR count). The molecule has 0 atom stereocenters. The Balaban J connectivity index is 1.10. The fourth-order valence-electron chi connectivity index (χ4n) is 3.48. The van der Waals surface area contributed by atoms with E-state index in [2.05, 4.69) is 25.6 Å². The van der Waals surface area contributed by atoms with Gasteiger partial charge in [0.1, 0.15) is 17.9 Å². The Morgan fingerprint density at radius 3 is 2.46 bits per heavy atom. The number of anilines is 1. The Labute approximate surface area is 225 Å². The first-order valence-electron chi connectivity index (χ1n) is 12.5. The first-order valence-corrected chi connectivity index (χ1v) is 12.5. The zero-order valence-corrected chi connectivity index (χ0v) is 22.2. The number of nitrogens with one attached hydrogen (secondary N) is 2. The highest BCUT2D eigenvalue weighted by Crippen LogP contribution is 2.16. The number of carbonyl (C=O) groups is 2. The van der Waals surface area contributed by atoms with Gasteiger partial charge in [-0.15, -0.1) is 0 Å². The van der Waals surface area contributed by atoms with Crippen molar-refractivity contribution in [3.8, 4) is 5.88 Å². The minimum Gasteiger partial charge on any atom is -0.475 e. The van der Waals surface area contributed by atoms with Gasteiger partial charge in [0, 0.05) is 18.8 Å². The summed E-state index contributed by atoms with van der Waals surface area (Å²) in [5.74, 6) is 0.496. The van der Waals surface area contributed by atoms with Crippen LogP contribution in [0, 0.1) is 0 Å². The lowest BCUT2D eigenvalue weighted by molar-refractivity contribution is 0.0324. The van der Waals surface area contributed by atoms with Crippen LogP contribution in [0.4, 0.5) is 10.5 Å². The van der Waals surface area contributed by atoms with E-state index in [0.717, 1.165) is 11.0 Å². The lowest BCUT2D eigenvalue weighted by Crippen LogP contribution is -2.34. The van der Waals surface area contributed by atoms with Crippen molar-refractivity contribution in [3.05, 3.63) is 60.6 Å². The standard InChI is InChI=1S/C27H32N6O6/c1-27(2,3)39-26(35)28-11-13-36-14-15-37-16-17-38-23-9-8-19(18-29-23)30-24(34)21-10-12-33-22-7-5-4-6-20(22)31-25(33)32-21/h4-10,12,18H,11,13-17H2,1-3H3,(H,28,35)(H,30,34). The number of rotatable bonds is 12. The molecule has 0 saturated heterocycles. The number of benzene rings is 1. The Bertz CT molecular complexity index is 1400. The van der Waals surface area contributed by atoms with E-state index in [1.807, 2.05) is 28.7 Å². The number of hydrogen-bond acceptors (Lipinski definition) is 9. The molecule has 0 bridgehead atoms. The molecule has 4 aromatic rings. The van der Waals surface area contributed by atoms with Crippen molar-refractivity contribution in [1.82, 2.24) is 24.7 Å². The van der Waals surface area contributed by atoms with Gasteiger partial charge >= 0.3 is 6.09 Å². The molecule has 0 aliphatic heterocycles. The van der Waals surface area contributed by atoms with E-state index >= 15 is 0 Å². The van der Waals surface area contributed by atoms with E-state index in [1.165, 1.54) is 6.20 Å². The van der Waals surface area contributed by atoms with Crippen LogP contribution in [0.2, 0.25) is 0 Å². The summed E-state index contributed by atoms with van der Waals surface area (Å²) in [4.78, 5) is 37.2. The fraction of sp³-hybridized carbons (Fsp3) is 0.370. The van der Waals surface area contributed by atoms with Crippen LogP contribution >= 0.6 is 0 Å². The van der Waals surface area contributed by atoms with Crippen molar-refractivity contribution in [2.75, 3.05) is 44.9 Å². The maximum absolute atomic E-state index is 12.7. The Kier molecular flexibility index (Phi) is 9.23. The second-order valence-corrected chi connectivity index (χ2v) is 9.42. The number of fused-ring (bicyclic) bond motifs is 3. The van der Waals surface area contributed by atoms with Gasteiger partial charge in [-0.3, -0.25) is 9.20 Å². The number of carbonyl (C=O) groups excluding carboxylic acids is 2. The van der Waals surface area contributed by atoms with Crippen molar-refractivity contribution < 1.29 is 28.5 Å². The molecular formula is C27H32N6O6. The van der Waals surface area contributed by atoms with Crippen LogP contribution in [0.3, 0.4) is 0 Å². The van der Waals surface area contributed by atoms with E-state index in [9.17, 15) is 9.59 Å². The minimum atomic E-state index is -0.528. The van der Waals surface area contributed by atoms with Crippen LogP contribution in [-0.2, 0) is 14.2 Å². The summed E-state index contributed by atoms with van der Waals surface area (Å²) in [5.41, 5.74) is 1.97. The van der Waals surface area contributed by atoms with Crippen molar-refractivity contribution >= 4 is 34.5 Å². The second-order valence-electron chi connectivity index (χ2n) is 9.42. The molecule has 0 fully saturated rings. The van der Waals surface area contributed by atoms with Crippen molar-refractivity contribution in [3.63, 3.8) is 0 Å². The number of amides is 2. The zero-order valence-electron chi connectivity index (χ0n) is 22.2. The van der Waals surface area contributed by atoms with Crippen LogP contribution < -0.4 is 15.4 Å². The van der Waals surface area contributed by atoms with E-state index in [0.29, 0.717) is 56.9 Å². The van der Waals surface area contributed by atoms with Crippen LogP contribution in [0.1, 0.15) is 31.3 Å². The number of alkyl carbamates (subject to hydrolysis) is 1. The maximum Gasteiger partial charge on any atom is 0.407 e. The summed E-state index contributed by atoms with van der Waals surface area (Å²) in [5, 5.41) is 5.40. The van der Waals surface area contributed by atoms with Gasteiger partial charge in [0.15, 0.2) is 0 Å². The summed E-state index contributed by atoms with van der Waals surface area (Å²) in [6, 6.07) is 12.7. The number of para-hydroxylation sites is 2. The molecule has 3 aromatic heterocycles. The monoisotopic (exact) mass is 536 g/mol. The van der Waals surface area contributed by atoms with Gasteiger partial charge < -0.3 is 29.6 Å². The van der Waals surface area contributed by atoms with Gasteiger partial charge in [0.05, 0.1) is 49.3 Å². The molecule has 0 spiro atoms. The number of aromatic nitrogens is 4. The van der Waals surface area contributed by atoms with E-state index in [1.54, 1.807) is 45.2 Å². The van der Waals surface area contributed by atoms with Crippen molar-refractivity contribution in [2.24, 2.45) is 0 Å². The maximum atomic E-state index is 12.7. The lowest BCUT2D eigenvalue weighted by atomic mass is 10.2. The SMILES string of the molecule is CC(C)(C)OC(=O)NCCOCCOCCOc1ccc(NC(=O)c2ccn3c(n2)nc2ccccc23)cn1. The number of imidazole rings is 1. The molecule has 12 nitrogen and oxygen atoms in total. The largest absolute Gasteiger partial charge is 0.475 e. The van der Waals surface area contributed by atoms with Crippen molar-refractivity contribution in [1.29, 1.82) is 0 Å². The van der Waals surface area contributed by atoms with E-state index < -0.39 is 11.7 Å². The topological polar surface area (TPSA) is 138 Å². The van der Waals surface area contributed by atoms with Crippen LogP contribution in [0.5, 0.6) is 5.88 Å². The first kappa shape index (κ1) is 27.7. The molecule has 0 aliphatic carbocycles. The highest BCUT2D eigenvalue weighted by molar-refractivity contribution is 6.03. The van der Waals surface area contributed by atoms with Crippen LogP contribution in [0.25, 0.3) is 16.8 Å². The van der Waals surface area contributed by atoms with Gasteiger partial charge in [0.2, 0.25) is 11.7 Å². The molecule has 0 saturated carbocycles. The number of pyridine rings is 1. The Morgan fingerprint density at radius 1 is 0.923 bits per heavy atom. The molecular weight excluding hydrogens is 504 g/mol. The molecule has 0 unspecified atom stereocenters. The summed E-state index contributed by atoms with van der Waals surface area (Å²) in [6.45, 7) is 7.58.